The van der Waals surface area contributed by atoms with Crippen molar-refractivity contribution in [3.63, 3.8) is 0 Å². The van der Waals surface area contributed by atoms with Gasteiger partial charge in [-0.3, -0.25) is 9.59 Å². The third-order valence-corrected chi connectivity index (χ3v) is 3.54. The molecule has 6 heteroatoms. The van der Waals surface area contributed by atoms with Crippen molar-refractivity contribution in [2.24, 2.45) is 5.92 Å². The van der Waals surface area contributed by atoms with Gasteiger partial charge in [0.25, 0.3) is 5.91 Å². The molecule has 3 N–H and O–H groups in total. The lowest BCUT2D eigenvalue weighted by atomic mass is 9.86. The van der Waals surface area contributed by atoms with E-state index in [0.29, 0.717) is 12.0 Å². The van der Waals surface area contributed by atoms with Crippen LogP contribution in [0, 0.1) is 17.2 Å². The standard InChI is InChI=1S/C14H21N3O3/c1-10-4-2-3-5-12(10)17-9-11(8-15)14(20)16-7-6-13(18)19/h9-10,12,17H,2-7H2,1H3,(H,16,20)(H,18,19)/b11-9-. The zero-order valence-corrected chi connectivity index (χ0v) is 11.7. The molecule has 20 heavy (non-hydrogen) atoms. The summed E-state index contributed by atoms with van der Waals surface area (Å²) in [6.07, 6.45) is 5.86. The lowest BCUT2D eigenvalue weighted by Gasteiger charge is -2.29. The third-order valence-electron chi connectivity index (χ3n) is 3.54. The van der Waals surface area contributed by atoms with Gasteiger partial charge in [0.1, 0.15) is 11.6 Å². The highest BCUT2D eigenvalue weighted by Gasteiger charge is 2.20. The first-order valence-corrected chi connectivity index (χ1v) is 6.91. The highest BCUT2D eigenvalue weighted by Crippen LogP contribution is 2.23. The van der Waals surface area contributed by atoms with Gasteiger partial charge >= 0.3 is 5.97 Å². The molecule has 110 valence electrons. The zero-order valence-electron chi connectivity index (χ0n) is 11.7. The van der Waals surface area contributed by atoms with E-state index in [4.69, 9.17) is 10.4 Å². The van der Waals surface area contributed by atoms with Crippen LogP contribution in [-0.2, 0) is 9.59 Å². The van der Waals surface area contributed by atoms with E-state index < -0.39 is 11.9 Å². The summed E-state index contributed by atoms with van der Waals surface area (Å²) >= 11 is 0. The summed E-state index contributed by atoms with van der Waals surface area (Å²) in [6.45, 7) is 2.18. The Balaban J connectivity index is 2.47. The van der Waals surface area contributed by atoms with Gasteiger partial charge < -0.3 is 15.7 Å². The Labute approximate surface area is 118 Å². The van der Waals surface area contributed by atoms with Crippen molar-refractivity contribution in [3.8, 4) is 6.07 Å². The Morgan fingerprint density at radius 2 is 2.10 bits per heavy atom. The van der Waals surface area contributed by atoms with Gasteiger partial charge in [-0.1, -0.05) is 19.8 Å². The average Bonchev–Trinajstić information content (AvgIpc) is 2.41. The molecule has 0 aromatic carbocycles. The molecule has 1 amide bonds. The van der Waals surface area contributed by atoms with E-state index in [1.54, 1.807) is 0 Å². The molecule has 0 bridgehead atoms. The first kappa shape index (κ1) is 16.0. The molecule has 0 aliphatic heterocycles. The van der Waals surface area contributed by atoms with Crippen LogP contribution in [0.1, 0.15) is 39.0 Å². The second-order valence-electron chi connectivity index (χ2n) is 5.10. The molecule has 0 spiro atoms. The summed E-state index contributed by atoms with van der Waals surface area (Å²) in [7, 11) is 0. The molecule has 0 radical (unpaired) electrons. The molecule has 6 nitrogen and oxygen atoms in total. The number of carboxylic acid groups (broad SMARTS) is 1. The number of carbonyl (C=O) groups excluding carboxylic acids is 1. The zero-order chi connectivity index (χ0) is 15.0. The van der Waals surface area contributed by atoms with Gasteiger partial charge in [-0.25, -0.2) is 0 Å². The minimum absolute atomic E-state index is 0.0202. The first-order chi connectivity index (χ1) is 9.54. The van der Waals surface area contributed by atoms with Crippen molar-refractivity contribution in [1.82, 2.24) is 10.6 Å². The van der Waals surface area contributed by atoms with Gasteiger partial charge in [-0.05, 0) is 18.8 Å². The van der Waals surface area contributed by atoms with Crippen LogP contribution >= 0.6 is 0 Å². The Bertz CT molecular complexity index is 426. The molecule has 0 aromatic heterocycles. The maximum absolute atomic E-state index is 11.7. The normalized spacial score (nSPS) is 22.7. The van der Waals surface area contributed by atoms with Crippen molar-refractivity contribution in [3.05, 3.63) is 11.8 Å². The van der Waals surface area contributed by atoms with Crippen LogP contribution in [0.4, 0.5) is 0 Å². The number of nitrogens with zero attached hydrogens (tertiary/aromatic N) is 1. The minimum Gasteiger partial charge on any atom is -0.481 e. The minimum atomic E-state index is -0.984. The fraction of sp³-hybridized carbons (Fsp3) is 0.643. The Morgan fingerprint density at radius 1 is 1.40 bits per heavy atom. The molecule has 1 aliphatic carbocycles. The molecule has 1 saturated carbocycles. The van der Waals surface area contributed by atoms with Crippen molar-refractivity contribution in [1.29, 1.82) is 5.26 Å². The molecule has 0 saturated heterocycles. The molecule has 0 heterocycles. The van der Waals surface area contributed by atoms with Crippen LogP contribution in [0.15, 0.2) is 11.8 Å². The molecule has 2 atom stereocenters. The maximum atomic E-state index is 11.7. The predicted octanol–water partition coefficient (Wildman–Crippen LogP) is 1.15. The molecule has 1 fully saturated rings. The molecule has 0 aromatic rings. The van der Waals surface area contributed by atoms with E-state index in [1.165, 1.54) is 12.6 Å². The van der Waals surface area contributed by atoms with Gasteiger partial charge in [0.15, 0.2) is 0 Å². The third kappa shape index (κ3) is 5.31. The fourth-order valence-electron chi connectivity index (χ4n) is 2.28. The Kier molecular flexibility index (Phi) is 6.57. The van der Waals surface area contributed by atoms with Crippen LogP contribution in [0.2, 0.25) is 0 Å². The molecule has 2 unspecified atom stereocenters. The van der Waals surface area contributed by atoms with Crippen LogP contribution in [0.25, 0.3) is 0 Å². The molecular weight excluding hydrogens is 258 g/mol. The van der Waals surface area contributed by atoms with Gasteiger partial charge in [0, 0.05) is 18.8 Å². The van der Waals surface area contributed by atoms with Crippen molar-refractivity contribution >= 4 is 11.9 Å². The van der Waals surface area contributed by atoms with Gasteiger partial charge in [0.2, 0.25) is 0 Å². The second-order valence-corrected chi connectivity index (χ2v) is 5.10. The number of aliphatic carboxylic acids is 1. The summed E-state index contributed by atoms with van der Waals surface area (Å²) in [4.78, 5) is 22.0. The largest absolute Gasteiger partial charge is 0.481 e. The molecule has 1 rings (SSSR count). The highest BCUT2D eigenvalue weighted by atomic mass is 16.4. The number of amides is 1. The molecule has 1 aliphatic rings. The van der Waals surface area contributed by atoms with Crippen LogP contribution in [0.5, 0.6) is 0 Å². The fourth-order valence-corrected chi connectivity index (χ4v) is 2.28. The molecular formula is C14H21N3O3. The summed E-state index contributed by atoms with van der Waals surface area (Å²) in [5.74, 6) is -0.998. The summed E-state index contributed by atoms with van der Waals surface area (Å²) < 4.78 is 0. The van der Waals surface area contributed by atoms with Gasteiger partial charge in [-0.2, -0.15) is 5.26 Å². The summed E-state index contributed by atoms with van der Waals surface area (Å²) in [5, 5.41) is 23.0. The number of carboxylic acids is 1. The van der Waals surface area contributed by atoms with Crippen LogP contribution in [0.3, 0.4) is 0 Å². The number of nitriles is 1. The van der Waals surface area contributed by atoms with Crippen molar-refractivity contribution < 1.29 is 14.7 Å². The maximum Gasteiger partial charge on any atom is 0.305 e. The van der Waals surface area contributed by atoms with Crippen molar-refractivity contribution in [2.75, 3.05) is 6.54 Å². The number of rotatable bonds is 6. The van der Waals surface area contributed by atoms with Crippen LogP contribution in [-0.4, -0.2) is 29.6 Å². The number of hydrogen-bond acceptors (Lipinski definition) is 4. The van der Waals surface area contributed by atoms with E-state index in [-0.39, 0.29) is 18.5 Å². The number of nitrogens with one attached hydrogen (secondary N) is 2. The van der Waals surface area contributed by atoms with Crippen molar-refractivity contribution in [2.45, 2.75) is 45.1 Å². The number of carbonyl (C=O) groups is 2. The lowest BCUT2D eigenvalue weighted by Crippen LogP contribution is -2.35. The van der Waals surface area contributed by atoms with Crippen LogP contribution < -0.4 is 10.6 Å². The lowest BCUT2D eigenvalue weighted by molar-refractivity contribution is -0.136. The van der Waals surface area contributed by atoms with E-state index >= 15 is 0 Å². The smallest absolute Gasteiger partial charge is 0.305 e. The number of hydrogen-bond donors (Lipinski definition) is 3. The van der Waals surface area contributed by atoms with Gasteiger partial charge in [0.05, 0.1) is 6.42 Å². The van der Waals surface area contributed by atoms with Gasteiger partial charge in [-0.15, -0.1) is 0 Å². The SMILES string of the molecule is CC1CCCCC1N/C=C(/C#N)C(=O)NCCC(=O)O. The summed E-state index contributed by atoms with van der Waals surface area (Å²) in [6, 6.07) is 2.12. The predicted molar refractivity (Wildman–Crippen MR) is 73.5 cm³/mol. The first-order valence-electron chi connectivity index (χ1n) is 6.91. The summed E-state index contributed by atoms with van der Waals surface area (Å²) in [5.41, 5.74) is -0.0202. The van der Waals surface area contributed by atoms with E-state index in [1.807, 2.05) is 6.07 Å². The van der Waals surface area contributed by atoms with E-state index in [9.17, 15) is 9.59 Å². The Morgan fingerprint density at radius 3 is 2.70 bits per heavy atom. The second kappa shape index (κ2) is 8.20. The topological polar surface area (TPSA) is 102 Å². The average molecular weight is 279 g/mol. The Hall–Kier alpha value is -2.03. The quantitative estimate of drug-likeness (QED) is 0.500. The van der Waals surface area contributed by atoms with E-state index in [2.05, 4.69) is 17.6 Å². The monoisotopic (exact) mass is 279 g/mol. The highest BCUT2D eigenvalue weighted by molar-refractivity contribution is 5.97. The van der Waals surface area contributed by atoms with E-state index in [0.717, 1.165) is 19.3 Å².